The lowest BCUT2D eigenvalue weighted by atomic mass is 9.78. The molecule has 14 N–H and O–H groups in total. The highest BCUT2D eigenvalue weighted by atomic mass is 16.3. The summed E-state index contributed by atoms with van der Waals surface area (Å²) in [6.45, 7) is 1.79. The molecule has 0 aromatic heterocycles. The van der Waals surface area contributed by atoms with Gasteiger partial charge in [-0.3, -0.25) is 0 Å². The summed E-state index contributed by atoms with van der Waals surface area (Å²) in [6, 6.07) is 32.4. The number of phenolic OH excluding ortho intramolecular Hbond substituents is 14. The van der Waals surface area contributed by atoms with Gasteiger partial charge in [-0.05, 0) is 124 Å². The van der Waals surface area contributed by atoms with Gasteiger partial charge in [0.2, 0.25) is 0 Å². The van der Waals surface area contributed by atoms with Crippen LogP contribution < -0.4 is 0 Å². The standard InChI is InChI=1S/C29H24O7.C28H22O7/c1-12-2-3-13(6-20(12)33)24-26-17(8-15(30)10-22(26)35)29-25(14-4-5-19(32)21(34)7-14)27-18(28(24)29)9-16(31)11-23(27)36;29-14-4-1-12(2-5-14)23-25-17(8-15(30)10-21(25)34)28-24(13-3-6-19(32)20(33)7-13)26-18(27(23)28)9-16(31)11-22(26)35/h2-11,24-25,28-36H,1H3;1-11,23-24,27-35H/t24-,25-,28+,29+;23-,24-,27+,28+/m11/s1. The quantitative estimate of drug-likeness (QED) is 0.0731. The Hall–Kier alpha value is -9.04. The van der Waals surface area contributed by atoms with Crippen LogP contribution in [0.15, 0.2) is 127 Å². The number of aromatic hydroxyl groups is 14. The second-order valence-electron chi connectivity index (χ2n) is 19.0. The molecule has 12 rings (SSSR count). The Morgan fingerprint density at radius 2 is 0.521 bits per heavy atom. The summed E-state index contributed by atoms with van der Waals surface area (Å²) in [4.78, 5) is 0. The average Bonchev–Trinajstić information content (AvgIpc) is 4.03. The lowest BCUT2D eigenvalue weighted by molar-refractivity contribution is 0.402. The molecule has 0 heterocycles. The maximum absolute atomic E-state index is 11.0. The molecule has 358 valence electrons. The van der Waals surface area contributed by atoms with Crippen molar-refractivity contribution in [3.8, 4) is 80.5 Å². The molecule has 0 amide bonds. The minimum Gasteiger partial charge on any atom is -0.508 e. The second kappa shape index (κ2) is 16.0. The van der Waals surface area contributed by atoms with Crippen LogP contribution in [0, 0.1) is 6.92 Å². The third kappa shape index (κ3) is 6.84. The number of phenols is 14. The van der Waals surface area contributed by atoms with Gasteiger partial charge in [0.15, 0.2) is 23.0 Å². The van der Waals surface area contributed by atoms with E-state index in [9.17, 15) is 71.5 Å². The van der Waals surface area contributed by atoms with Gasteiger partial charge in [-0.25, -0.2) is 0 Å². The summed E-state index contributed by atoms with van der Waals surface area (Å²) >= 11 is 0. The molecule has 0 saturated carbocycles. The van der Waals surface area contributed by atoms with Crippen molar-refractivity contribution in [2.75, 3.05) is 0 Å². The predicted octanol–water partition coefficient (Wildman–Crippen LogP) is 9.88. The Labute approximate surface area is 404 Å². The van der Waals surface area contributed by atoms with Crippen molar-refractivity contribution in [2.24, 2.45) is 0 Å². The predicted molar refractivity (Wildman–Crippen MR) is 258 cm³/mol. The van der Waals surface area contributed by atoms with Crippen molar-refractivity contribution in [3.63, 3.8) is 0 Å². The first-order valence-electron chi connectivity index (χ1n) is 22.7. The molecule has 0 radical (unpaired) electrons. The molecule has 0 unspecified atom stereocenters. The van der Waals surface area contributed by atoms with Crippen LogP contribution in [0.3, 0.4) is 0 Å². The molecule has 4 aliphatic carbocycles. The lowest BCUT2D eigenvalue weighted by Gasteiger charge is -2.24. The highest BCUT2D eigenvalue weighted by Gasteiger charge is 2.56. The molecule has 4 aliphatic rings. The van der Waals surface area contributed by atoms with E-state index in [1.807, 2.05) is 6.07 Å². The first-order chi connectivity index (χ1) is 33.9. The van der Waals surface area contributed by atoms with E-state index >= 15 is 0 Å². The van der Waals surface area contributed by atoms with Crippen LogP contribution in [-0.2, 0) is 0 Å². The molecule has 8 aromatic rings. The Kier molecular flexibility index (Phi) is 10.0. The molecule has 14 nitrogen and oxygen atoms in total. The summed E-state index contributed by atoms with van der Waals surface area (Å²) in [6.07, 6.45) is 0. The molecule has 0 bridgehead atoms. The highest BCUT2D eigenvalue weighted by Crippen LogP contribution is 2.71. The number of aryl methyl sites for hydroxylation is 1. The summed E-state index contributed by atoms with van der Waals surface area (Å²) < 4.78 is 0. The van der Waals surface area contributed by atoms with Crippen LogP contribution in [0.1, 0.15) is 120 Å². The number of hydrogen-bond acceptors (Lipinski definition) is 14. The molecular formula is C57H46O14. The maximum Gasteiger partial charge on any atom is 0.157 e. The minimum absolute atomic E-state index is 0.0781. The van der Waals surface area contributed by atoms with Gasteiger partial charge in [0.1, 0.15) is 57.5 Å². The normalized spacial score (nSPS) is 21.8. The number of fused-ring (bicyclic) bond motifs is 10. The average molecular weight is 955 g/mol. The fourth-order valence-electron chi connectivity index (χ4n) is 12.5. The summed E-state index contributed by atoms with van der Waals surface area (Å²) in [7, 11) is 0. The van der Waals surface area contributed by atoms with E-state index in [4.69, 9.17) is 0 Å². The van der Waals surface area contributed by atoms with Crippen molar-refractivity contribution in [3.05, 3.63) is 200 Å². The van der Waals surface area contributed by atoms with Crippen molar-refractivity contribution in [1.82, 2.24) is 0 Å². The molecule has 0 aliphatic heterocycles. The van der Waals surface area contributed by atoms with Crippen LogP contribution in [0.4, 0.5) is 0 Å². The molecule has 8 atom stereocenters. The Bertz CT molecular complexity index is 3400. The minimum atomic E-state index is -0.527. The molecule has 8 aromatic carbocycles. The summed E-state index contributed by atoms with van der Waals surface area (Å²) in [5.41, 5.74) is 8.48. The van der Waals surface area contributed by atoms with E-state index in [0.717, 1.165) is 11.1 Å². The van der Waals surface area contributed by atoms with E-state index < -0.39 is 29.6 Å². The smallest absolute Gasteiger partial charge is 0.157 e. The molecule has 71 heavy (non-hydrogen) atoms. The first kappa shape index (κ1) is 44.5. The van der Waals surface area contributed by atoms with Gasteiger partial charge < -0.3 is 71.5 Å². The van der Waals surface area contributed by atoms with Crippen LogP contribution in [-0.4, -0.2) is 71.5 Å². The molecule has 0 spiro atoms. The number of benzene rings is 8. The van der Waals surface area contributed by atoms with Crippen molar-refractivity contribution in [1.29, 1.82) is 0 Å². The Morgan fingerprint density at radius 3 is 0.831 bits per heavy atom. The lowest BCUT2D eigenvalue weighted by Crippen LogP contribution is -2.10. The van der Waals surface area contributed by atoms with Crippen LogP contribution in [0.2, 0.25) is 0 Å². The zero-order chi connectivity index (χ0) is 50.1. The monoisotopic (exact) mass is 954 g/mol. The topological polar surface area (TPSA) is 283 Å². The molecule has 0 saturated heterocycles. The SMILES string of the molecule is Cc1ccc([C@@H]2c3c(O)cc(O)cc3[C@H]3[C@H](c4ccc(O)c(O)c4)c4c(O)cc(O)cc4[C@@H]23)cc1O.Oc1ccc([C@@H]2c3c(O)cc(O)cc3[C@H]3[C@H](c4ccc(O)c(O)c4)c4c(O)cc(O)cc4[C@@H]23)cc1. The third-order valence-corrected chi connectivity index (χ3v) is 15.2. The van der Waals surface area contributed by atoms with Gasteiger partial charge in [0, 0.05) is 93.9 Å². The summed E-state index contributed by atoms with van der Waals surface area (Å²) in [5, 5.41) is 146. The number of hydrogen-bond donors (Lipinski definition) is 14. The highest BCUT2D eigenvalue weighted by molar-refractivity contribution is 5.71. The Morgan fingerprint density at radius 1 is 0.239 bits per heavy atom. The fraction of sp³-hybridized carbons (Fsp3) is 0.158. The van der Waals surface area contributed by atoms with Crippen molar-refractivity contribution in [2.45, 2.75) is 54.3 Å². The van der Waals surface area contributed by atoms with Gasteiger partial charge in [-0.15, -0.1) is 0 Å². The van der Waals surface area contributed by atoms with Gasteiger partial charge in [0.25, 0.3) is 0 Å². The van der Waals surface area contributed by atoms with Crippen LogP contribution in [0.5, 0.6) is 80.5 Å². The second-order valence-corrected chi connectivity index (χ2v) is 19.0. The van der Waals surface area contributed by atoms with Gasteiger partial charge in [-0.2, -0.15) is 0 Å². The zero-order valence-corrected chi connectivity index (χ0v) is 37.5. The van der Waals surface area contributed by atoms with E-state index in [-0.39, 0.29) is 98.2 Å². The first-order valence-corrected chi connectivity index (χ1v) is 22.7. The zero-order valence-electron chi connectivity index (χ0n) is 37.5. The fourth-order valence-corrected chi connectivity index (χ4v) is 12.5. The van der Waals surface area contributed by atoms with Gasteiger partial charge in [-0.1, -0.05) is 36.4 Å². The number of rotatable bonds is 4. The van der Waals surface area contributed by atoms with Crippen molar-refractivity contribution >= 4 is 0 Å². The molecular weight excluding hydrogens is 909 g/mol. The third-order valence-electron chi connectivity index (χ3n) is 15.2. The molecule has 14 heteroatoms. The van der Waals surface area contributed by atoms with Crippen molar-refractivity contribution < 1.29 is 71.5 Å². The van der Waals surface area contributed by atoms with E-state index in [1.54, 1.807) is 79.7 Å². The Balaban J connectivity index is 0.000000154. The van der Waals surface area contributed by atoms with E-state index in [1.165, 1.54) is 48.5 Å². The summed E-state index contributed by atoms with van der Waals surface area (Å²) in [5.74, 6) is -5.26. The maximum atomic E-state index is 11.0. The van der Waals surface area contributed by atoms with E-state index in [2.05, 4.69) is 0 Å². The van der Waals surface area contributed by atoms with E-state index in [0.29, 0.717) is 61.2 Å². The molecule has 0 fully saturated rings. The van der Waals surface area contributed by atoms with Gasteiger partial charge in [0.05, 0.1) is 0 Å². The van der Waals surface area contributed by atoms with Gasteiger partial charge >= 0.3 is 0 Å². The van der Waals surface area contributed by atoms with Crippen LogP contribution >= 0.6 is 0 Å². The largest absolute Gasteiger partial charge is 0.508 e. The van der Waals surface area contributed by atoms with Crippen LogP contribution in [0.25, 0.3) is 0 Å².